The van der Waals surface area contributed by atoms with Gasteiger partial charge in [-0.2, -0.15) is 0 Å². The largest absolute Gasteiger partial charge is 0.393 e. The number of hydrogen-bond acceptors (Lipinski definition) is 4. The Balaban J connectivity index is 1.79. The lowest BCUT2D eigenvalue weighted by Gasteiger charge is -2.27. The average Bonchev–Trinajstić information content (AvgIpc) is 3.36. The Hall–Kier alpha value is -1.11. The smallest absolute Gasteiger partial charge is 0.259 e. The highest BCUT2D eigenvalue weighted by molar-refractivity contribution is 7.93. The second-order valence-electron chi connectivity index (χ2n) is 7.44. The molecule has 2 aliphatic rings. The van der Waals surface area contributed by atoms with Crippen molar-refractivity contribution in [2.75, 3.05) is 11.8 Å². The van der Waals surface area contributed by atoms with Crippen LogP contribution in [0.2, 0.25) is 0 Å². The highest BCUT2D eigenvalue weighted by atomic mass is 32.2. The first-order chi connectivity index (χ1) is 11.9. The summed E-state index contributed by atoms with van der Waals surface area (Å²) in [7, 11) is -2.20. The molecule has 0 radical (unpaired) electrons. The van der Waals surface area contributed by atoms with Crippen LogP contribution in [-0.4, -0.2) is 32.2 Å². The Bertz CT molecular complexity index is 695. The third-order valence-corrected chi connectivity index (χ3v) is 7.17. The van der Waals surface area contributed by atoms with Crippen molar-refractivity contribution < 1.29 is 18.3 Å². The lowest BCUT2D eigenvalue weighted by atomic mass is 9.79. The lowest BCUT2D eigenvalue weighted by Crippen LogP contribution is -2.27. The molecule has 1 unspecified atom stereocenters. The van der Waals surface area contributed by atoms with E-state index in [0.717, 1.165) is 18.4 Å². The highest BCUT2D eigenvalue weighted by Gasteiger charge is 2.30. The first-order valence-electron chi connectivity index (χ1n) is 9.26. The summed E-state index contributed by atoms with van der Waals surface area (Å²) < 4.78 is 32.3. The van der Waals surface area contributed by atoms with E-state index in [1.165, 1.54) is 38.9 Å². The second-order valence-corrected chi connectivity index (χ2v) is 9.40. The van der Waals surface area contributed by atoms with Gasteiger partial charge in [0, 0.05) is 7.11 Å². The van der Waals surface area contributed by atoms with E-state index < -0.39 is 15.5 Å². The normalized spacial score (nSPS) is 20.8. The molecule has 0 bridgehead atoms. The van der Waals surface area contributed by atoms with Crippen molar-refractivity contribution in [2.24, 2.45) is 5.92 Å². The van der Waals surface area contributed by atoms with Gasteiger partial charge in [0.05, 0.1) is 11.8 Å². The van der Waals surface area contributed by atoms with Crippen molar-refractivity contribution in [2.45, 2.75) is 69.3 Å². The van der Waals surface area contributed by atoms with Gasteiger partial charge < -0.3 is 9.84 Å². The summed E-state index contributed by atoms with van der Waals surface area (Å²) in [6.45, 7) is 1.52. The molecule has 2 N–H and O–H groups in total. The Kier molecular flexibility index (Phi) is 5.71. The molecule has 0 amide bonds. The molecule has 2 atom stereocenters. The van der Waals surface area contributed by atoms with E-state index in [9.17, 15) is 13.5 Å². The summed E-state index contributed by atoms with van der Waals surface area (Å²) >= 11 is 0. The number of benzene rings is 1. The molecule has 0 heterocycles. The van der Waals surface area contributed by atoms with Crippen molar-refractivity contribution >= 4 is 15.7 Å². The quantitative estimate of drug-likeness (QED) is 0.701. The van der Waals surface area contributed by atoms with E-state index in [1.807, 2.05) is 12.1 Å². The van der Waals surface area contributed by atoms with Crippen LogP contribution in [0.1, 0.15) is 62.5 Å². The van der Waals surface area contributed by atoms with Crippen LogP contribution in [0, 0.1) is 5.92 Å². The average molecular weight is 368 g/mol. The minimum absolute atomic E-state index is 0.283. The molecule has 0 saturated heterocycles. The van der Waals surface area contributed by atoms with Gasteiger partial charge >= 0.3 is 0 Å². The van der Waals surface area contributed by atoms with Gasteiger partial charge in [-0.15, -0.1) is 0 Å². The number of rotatable bonds is 9. The molecule has 25 heavy (non-hydrogen) atoms. The summed E-state index contributed by atoms with van der Waals surface area (Å²) in [6.07, 6.45) is 6.95. The summed E-state index contributed by atoms with van der Waals surface area (Å²) in [5, 5.41) is 10.2. The molecule has 6 heteroatoms. The van der Waals surface area contributed by atoms with E-state index in [1.54, 1.807) is 0 Å². The van der Waals surface area contributed by atoms with Crippen molar-refractivity contribution in [3.05, 3.63) is 29.3 Å². The zero-order valence-corrected chi connectivity index (χ0v) is 15.9. The third-order valence-electron chi connectivity index (χ3n) is 5.60. The van der Waals surface area contributed by atoms with Crippen LogP contribution in [0.5, 0.6) is 0 Å². The fourth-order valence-corrected chi connectivity index (χ4v) is 4.22. The minimum Gasteiger partial charge on any atom is -0.393 e. The maximum absolute atomic E-state index is 12.3. The molecular formula is C19H29NO4S. The van der Waals surface area contributed by atoms with Crippen LogP contribution >= 0.6 is 0 Å². The van der Waals surface area contributed by atoms with Crippen LogP contribution in [0.25, 0.3) is 0 Å². The Morgan fingerprint density at radius 3 is 2.56 bits per heavy atom. The molecule has 1 aromatic rings. The van der Waals surface area contributed by atoms with Crippen molar-refractivity contribution in [1.29, 1.82) is 0 Å². The minimum atomic E-state index is -3.59. The van der Waals surface area contributed by atoms with Crippen molar-refractivity contribution in [1.82, 2.24) is 0 Å². The summed E-state index contributed by atoms with van der Waals surface area (Å²) in [4.78, 5) is 0. The molecule has 0 spiro atoms. The maximum atomic E-state index is 12.3. The number of aliphatic hydroxyl groups excluding tert-OH is 1. The monoisotopic (exact) mass is 367 g/mol. The fraction of sp³-hybridized carbons (Fsp3) is 0.684. The first-order valence-corrected chi connectivity index (χ1v) is 10.8. The molecule has 2 aliphatic carbocycles. The molecule has 0 aliphatic heterocycles. The van der Waals surface area contributed by atoms with Crippen LogP contribution in [0.3, 0.4) is 0 Å². The van der Waals surface area contributed by atoms with E-state index >= 15 is 0 Å². The fourth-order valence-electron chi connectivity index (χ4n) is 3.30. The van der Waals surface area contributed by atoms with E-state index in [2.05, 4.69) is 10.8 Å². The number of aryl methyl sites for hydroxylation is 1. The molecule has 140 valence electrons. The summed E-state index contributed by atoms with van der Waals surface area (Å²) in [5.74, 6) is 1.03. The zero-order chi connectivity index (χ0) is 18.0. The van der Waals surface area contributed by atoms with Gasteiger partial charge in [-0.05, 0) is 74.5 Å². The van der Waals surface area contributed by atoms with Crippen LogP contribution in [-0.2, 0) is 21.2 Å². The number of ether oxygens (including phenoxy) is 1. The van der Waals surface area contributed by atoms with Crippen LogP contribution < -0.4 is 4.72 Å². The molecular weight excluding hydrogens is 338 g/mol. The molecule has 2 saturated carbocycles. The summed E-state index contributed by atoms with van der Waals surface area (Å²) in [6, 6.07) is 6.02. The van der Waals surface area contributed by atoms with E-state index in [4.69, 9.17) is 4.74 Å². The van der Waals surface area contributed by atoms with Gasteiger partial charge in [0.2, 0.25) is 0 Å². The van der Waals surface area contributed by atoms with Crippen LogP contribution in [0.4, 0.5) is 5.69 Å². The predicted molar refractivity (Wildman–Crippen MR) is 99.1 cm³/mol. The number of aliphatic hydroxyl groups is 1. The molecule has 2 fully saturated rings. The number of anilines is 1. The molecule has 5 nitrogen and oxygen atoms in total. The van der Waals surface area contributed by atoms with E-state index in [0.29, 0.717) is 30.4 Å². The second kappa shape index (κ2) is 7.64. The Labute approximate surface area is 150 Å². The number of nitrogens with one attached hydrogen (secondary N) is 1. The van der Waals surface area contributed by atoms with Gasteiger partial charge in [-0.3, -0.25) is 4.72 Å². The van der Waals surface area contributed by atoms with Crippen molar-refractivity contribution in [3.63, 3.8) is 0 Å². The van der Waals surface area contributed by atoms with Crippen molar-refractivity contribution in [3.8, 4) is 0 Å². The molecule has 3 rings (SSSR count). The Morgan fingerprint density at radius 2 is 2.00 bits per heavy atom. The highest BCUT2D eigenvalue weighted by Crippen LogP contribution is 2.39. The van der Waals surface area contributed by atoms with Gasteiger partial charge in [-0.25, -0.2) is 8.42 Å². The van der Waals surface area contributed by atoms with Crippen LogP contribution in [0.15, 0.2) is 18.2 Å². The van der Waals surface area contributed by atoms with E-state index in [-0.39, 0.29) is 6.10 Å². The maximum Gasteiger partial charge on any atom is 0.259 e. The number of sulfonamides is 1. The zero-order valence-electron chi connectivity index (χ0n) is 15.1. The predicted octanol–water partition coefficient (Wildman–Crippen LogP) is 3.39. The van der Waals surface area contributed by atoms with Gasteiger partial charge in [0.1, 0.15) is 0 Å². The number of hydrogen-bond donors (Lipinski definition) is 2. The lowest BCUT2D eigenvalue weighted by molar-refractivity contribution is 0.142. The van der Waals surface area contributed by atoms with Gasteiger partial charge in [-0.1, -0.05) is 18.6 Å². The standard InChI is InChI=1S/C19H29NO4S/c1-13(24-2)25(22,23)20-18-10-8-16(14-4-3-5-14)12-17(18)9-11-19(21)15-6-7-15/h8,10,12-15,19-21H,3-7,9,11H2,1-2H3/t13?,19-/m1/s1. The molecule has 1 aromatic carbocycles. The molecule has 0 aromatic heterocycles. The van der Waals surface area contributed by atoms with Gasteiger partial charge in [0.25, 0.3) is 10.0 Å². The SMILES string of the molecule is COC(C)S(=O)(=O)Nc1ccc(C2CCC2)cc1CC[C@@H](O)C1CC1. The summed E-state index contributed by atoms with van der Waals surface area (Å²) in [5.41, 5.74) is 1.94. The first kappa shape index (κ1) is 18.7. The third kappa shape index (κ3) is 4.54. The Morgan fingerprint density at radius 1 is 1.28 bits per heavy atom. The number of methoxy groups -OCH3 is 1. The van der Waals surface area contributed by atoms with Gasteiger partial charge in [0.15, 0.2) is 5.44 Å². The topological polar surface area (TPSA) is 75.6 Å².